The van der Waals surface area contributed by atoms with Crippen molar-refractivity contribution < 1.29 is 4.74 Å². The molecule has 0 N–H and O–H groups in total. The second kappa shape index (κ2) is 15.4. The molecule has 1 saturated carbocycles. The number of anilines is 3. The molecule has 0 bridgehead atoms. The molecule has 1 fully saturated rings. The molecular formula is C53H48N4O. The molecule has 0 atom stereocenters. The third-order valence-electron chi connectivity index (χ3n) is 12.6. The molecule has 286 valence electrons. The Labute approximate surface area is 343 Å². The molecule has 0 unspecified atom stereocenters. The summed E-state index contributed by atoms with van der Waals surface area (Å²) in [7, 11) is 0. The fourth-order valence-electron chi connectivity index (χ4n) is 9.68. The Bertz CT molecular complexity index is 2570. The third kappa shape index (κ3) is 7.13. The van der Waals surface area contributed by atoms with Crippen molar-refractivity contribution >= 4 is 23.1 Å². The van der Waals surface area contributed by atoms with E-state index < -0.39 is 5.60 Å². The van der Waals surface area contributed by atoms with Crippen LogP contribution in [-0.4, -0.2) is 5.60 Å². The van der Waals surface area contributed by atoms with Gasteiger partial charge in [0.2, 0.25) is 0 Å². The quantitative estimate of drug-likeness (QED) is 0.175. The number of nitriles is 3. The molecule has 5 heteroatoms. The summed E-state index contributed by atoms with van der Waals surface area (Å²) in [6.45, 7) is 8.37. The Hall–Kier alpha value is -6.61. The van der Waals surface area contributed by atoms with Crippen LogP contribution in [-0.2, 0) is 10.2 Å². The van der Waals surface area contributed by atoms with Gasteiger partial charge in [-0.2, -0.15) is 15.8 Å². The van der Waals surface area contributed by atoms with Crippen molar-refractivity contribution in [2.45, 2.75) is 83.7 Å². The summed E-state index contributed by atoms with van der Waals surface area (Å²) in [6, 6.07) is 41.1. The van der Waals surface area contributed by atoms with Crippen LogP contribution in [0.4, 0.5) is 17.1 Å². The first-order chi connectivity index (χ1) is 28.1. The molecule has 0 amide bonds. The van der Waals surface area contributed by atoms with Crippen molar-refractivity contribution in [3.63, 3.8) is 0 Å². The highest BCUT2D eigenvalue weighted by atomic mass is 16.5. The van der Waals surface area contributed by atoms with Crippen molar-refractivity contribution in [2.24, 2.45) is 5.41 Å². The smallest absolute Gasteiger partial charge is 0.172 e. The van der Waals surface area contributed by atoms with E-state index in [1.54, 1.807) is 0 Å². The van der Waals surface area contributed by atoms with E-state index in [9.17, 15) is 15.8 Å². The second-order valence-electron chi connectivity index (χ2n) is 17.2. The molecular weight excluding hydrogens is 709 g/mol. The second-order valence-corrected chi connectivity index (χ2v) is 17.2. The summed E-state index contributed by atoms with van der Waals surface area (Å²) in [5, 5.41) is 28.9. The van der Waals surface area contributed by atoms with Crippen molar-refractivity contribution in [2.75, 3.05) is 4.90 Å². The first-order valence-corrected chi connectivity index (χ1v) is 20.4. The van der Waals surface area contributed by atoms with Gasteiger partial charge in [-0.1, -0.05) is 130 Å². The summed E-state index contributed by atoms with van der Waals surface area (Å²) in [6.07, 6.45) is 21.2. The SMILES string of the molecule is CC1(C)OC(=C(C#N)C#N)C(C#N)=C1/C=C/C=C1C=C(/C=C/c2ccc(N(c3ccccc3)c3ccc4c(c3)C(C)(C)c3ccccc3-4)cc2)CC2(CCCCC2)C/1. The molecule has 5 nitrogen and oxygen atoms in total. The van der Waals surface area contributed by atoms with Gasteiger partial charge in [0.1, 0.15) is 29.4 Å². The van der Waals surface area contributed by atoms with Crippen LogP contribution >= 0.6 is 0 Å². The predicted molar refractivity (Wildman–Crippen MR) is 234 cm³/mol. The van der Waals surface area contributed by atoms with Gasteiger partial charge in [-0.15, -0.1) is 0 Å². The Morgan fingerprint density at radius 1 is 0.690 bits per heavy atom. The lowest BCUT2D eigenvalue weighted by Gasteiger charge is -2.41. The molecule has 4 aromatic carbocycles. The van der Waals surface area contributed by atoms with Crippen LogP contribution < -0.4 is 4.90 Å². The van der Waals surface area contributed by atoms with Crippen LogP contribution in [0.15, 0.2) is 161 Å². The highest BCUT2D eigenvalue weighted by Crippen LogP contribution is 2.51. The van der Waals surface area contributed by atoms with Gasteiger partial charge in [0.05, 0.1) is 0 Å². The number of para-hydroxylation sites is 1. The monoisotopic (exact) mass is 756 g/mol. The maximum atomic E-state index is 9.99. The molecule has 1 heterocycles. The van der Waals surface area contributed by atoms with Crippen LogP contribution in [0.3, 0.4) is 0 Å². The molecule has 3 aliphatic carbocycles. The Balaban J connectivity index is 1.08. The lowest BCUT2D eigenvalue weighted by Crippen LogP contribution is -2.27. The van der Waals surface area contributed by atoms with Gasteiger partial charge in [-0.25, -0.2) is 0 Å². The maximum absolute atomic E-state index is 9.99. The van der Waals surface area contributed by atoms with Crippen LogP contribution in [0.2, 0.25) is 0 Å². The normalized spacial score (nSPS) is 19.3. The number of hydrogen-bond acceptors (Lipinski definition) is 5. The van der Waals surface area contributed by atoms with Crippen molar-refractivity contribution in [3.8, 4) is 29.3 Å². The number of allylic oxidation sites excluding steroid dienone is 8. The molecule has 58 heavy (non-hydrogen) atoms. The van der Waals surface area contributed by atoms with Crippen LogP contribution in [0.5, 0.6) is 0 Å². The standard InChI is InChI=1S/C53H48N4O/c1-51(2)47-18-10-9-17-44(47)45-27-26-43(31-49(45)51)57(41-15-7-5-8-16-41)42-24-22-37(23-25-42)20-21-39-30-38(32-53(33-39)28-11-6-12-29-53)14-13-19-48-46(36-56)50(40(34-54)35-55)58-52(48,3)4/h5,7-10,13-27,30-31H,6,11-12,28-29,32-33H2,1-4H3/b19-13+,21-20+,38-14-. The molecule has 8 rings (SSSR count). The van der Waals surface area contributed by atoms with Crippen LogP contribution in [0.1, 0.15) is 89.3 Å². The fraction of sp³-hybridized carbons (Fsp3) is 0.264. The van der Waals surface area contributed by atoms with E-state index in [0.717, 1.165) is 35.5 Å². The third-order valence-corrected chi connectivity index (χ3v) is 12.6. The van der Waals surface area contributed by atoms with Crippen LogP contribution in [0, 0.1) is 39.4 Å². The first kappa shape index (κ1) is 38.3. The average molecular weight is 757 g/mol. The van der Waals surface area contributed by atoms with E-state index in [1.807, 2.05) is 38.1 Å². The molecule has 0 saturated heterocycles. The summed E-state index contributed by atoms with van der Waals surface area (Å²) < 4.78 is 5.97. The number of ether oxygens (including phenoxy) is 1. The number of nitrogens with zero attached hydrogens (tertiary/aromatic N) is 4. The fourth-order valence-corrected chi connectivity index (χ4v) is 9.68. The van der Waals surface area contributed by atoms with Gasteiger partial charge in [-0.05, 0) is 120 Å². The lowest BCUT2D eigenvalue weighted by atomic mass is 9.64. The number of rotatable bonds is 7. The van der Waals surface area contributed by atoms with E-state index in [2.05, 4.69) is 146 Å². The first-order valence-electron chi connectivity index (χ1n) is 20.4. The maximum Gasteiger partial charge on any atom is 0.172 e. The Kier molecular flexibility index (Phi) is 10.2. The zero-order chi connectivity index (χ0) is 40.5. The Morgan fingerprint density at radius 3 is 2.09 bits per heavy atom. The van der Waals surface area contributed by atoms with Gasteiger partial charge < -0.3 is 9.64 Å². The minimum Gasteiger partial charge on any atom is -0.480 e. The van der Waals surface area contributed by atoms with Crippen molar-refractivity contribution in [3.05, 3.63) is 178 Å². The van der Waals surface area contributed by atoms with Gasteiger partial charge >= 0.3 is 0 Å². The number of benzene rings is 4. The van der Waals surface area contributed by atoms with Gasteiger partial charge in [0.25, 0.3) is 0 Å². The zero-order valence-corrected chi connectivity index (χ0v) is 33.8. The van der Waals surface area contributed by atoms with E-state index in [0.29, 0.717) is 5.57 Å². The zero-order valence-electron chi connectivity index (χ0n) is 33.8. The predicted octanol–water partition coefficient (Wildman–Crippen LogP) is 13.6. The summed E-state index contributed by atoms with van der Waals surface area (Å²) in [4.78, 5) is 2.35. The van der Waals surface area contributed by atoms with Crippen molar-refractivity contribution in [1.29, 1.82) is 15.8 Å². The molecule has 0 radical (unpaired) electrons. The van der Waals surface area contributed by atoms with Gasteiger partial charge in [0, 0.05) is 28.1 Å². The van der Waals surface area contributed by atoms with E-state index in [4.69, 9.17) is 4.74 Å². The topological polar surface area (TPSA) is 83.8 Å². The molecule has 4 aromatic rings. The molecule has 1 aliphatic heterocycles. The molecule has 0 aromatic heterocycles. The average Bonchev–Trinajstić information content (AvgIpc) is 3.63. The lowest BCUT2D eigenvalue weighted by molar-refractivity contribution is 0.0954. The molecule has 4 aliphatic rings. The number of fused-ring (bicyclic) bond motifs is 3. The van der Waals surface area contributed by atoms with E-state index >= 15 is 0 Å². The largest absolute Gasteiger partial charge is 0.480 e. The minimum absolute atomic E-state index is 0.0651. The summed E-state index contributed by atoms with van der Waals surface area (Å²) >= 11 is 0. The van der Waals surface area contributed by atoms with Crippen molar-refractivity contribution in [1.82, 2.24) is 0 Å². The minimum atomic E-state index is -0.840. The summed E-state index contributed by atoms with van der Waals surface area (Å²) in [5.74, 6) is 0.0651. The van der Waals surface area contributed by atoms with Gasteiger partial charge in [-0.3, -0.25) is 0 Å². The summed E-state index contributed by atoms with van der Waals surface area (Å²) in [5.41, 5.74) is 12.5. The highest BCUT2D eigenvalue weighted by molar-refractivity contribution is 5.85. The van der Waals surface area contributed by atoms with E-state index in [1.165, 1.54) is 65.5 Å². The Morgan fingerprint density at radius 2 is 1.36 bits per heavy atom. The van der Waals surface area contributed by atoms with E-state index in [-0.39, 0.29) is 27.7 Å². The molecule has 1 spiro atoms. The highest BCUT2D eigenvalue weighted by Gasteiger charge is 2.39. The van der Waals surface area contributed by atoms with Crippen LogP contribution in [0.25, 0.3) is 17.2 Å². The van der Waals surface area contributed by atoms with Gasteiger partial charge in [0.15, 0.2) is 11.3 Å². The number of hydrogen-bond donors (Lipinski definition) is 0.